The van der Waals surface area contributed by atoms with Crippen LogP contribution in [0.1, 0.15) is 18.5 Å². The highest BCUT2D eigenvalue weighted by molar-refractivity contribution is 6.41. The predicted molar refractivity (Wildman–Crippen MR) is 171 cm³/mol. The number of aromatic nitrogens is 4. The minimum atomic E-state index is -0.0202. The third kappa shape index (κ3) is 6.60. The van der Waals surface area contributed by atoms with Crippen molar-refractivity contribution in [2.75, 3.05) is 64.1 Å². The van der Waals surface area contributed by atoms with Crippen molar-refractivity contribution in [1.29, 1.82) is 5.26 Å². The number of methoxy groups -OCH3 is 2. The summed E-state index contributed by atoms with van der Waals surface area (Å²) in [6, 6.07) is 5.63. The molecule has 1 aliphatic heterocycles. The monoisotopic (exact) mass is 637 g/mol. The van der Waals surface area contributed by atoms with Gasteiger partial charge in [0.1, 0.15) is 21.5 Å². The van der Waals surface area contributed by atoms with Crippen molar-refractivity contribution < 1.29 is 14.3 Å². The number of anilines is 3. The van der Waals surface area contributed by atoms with Crippen LogP contribution in [0.2, 0.25) is 10.0 Å². The molecule has 0 saturated carbocycles. The van der Waals surface area contributed by atoms with Crippen LogP contribution in [0.25, 0.3) is 16.7 Å². The molecular formula is C30H33Cl2N9O3. The molecule has 0 aliphatic carbocycles. The molecule has 12 nitrogen and oxygen atoms in total. The fourth-order valence-electron chi connectivity index (χ4n) is 5.14. The highest BCUT2D eigenvalue weighted by Gasteiger charge is 2.21. The van der Waals surface area contributed by atoms with Gasteiger partial charge in [0.25, 0.3) is 0 Å². The molecule has 5 rings (SSSR count). The minimum Gasteiger partial charge on any atom is -0.495 e. The molecule has 44 heavy (non-hydrogen) atoms. The number of benzene rings is 1. The Balaban J connectivity index is 1.45. The Kier molecular flexibility index (Phi) is 9.89. The maximum Gasteiger partial charge on any atom is 0.246 e. The first kappa shape index (κ1) is 31.1. The average Bonchev–Trinajstić information content (AvgIpc) is 3.48. The summed E-state index contributed by atoms with van der Waals surface area (Å²) >= 11 is 13.4. The van der Waals surface area contributed by atoms with Gasteiger partial charge in [0.15, 0.2) is 11.3 Å². The number of nitrogens with one attached hydrogen (secondary N) is 2. The number of ether oxygens (including phenoxy) is 2. The van der Waals surface area contributed by atoms with Crippen LogP contribution in [0.4, 0.5) is 17.3 Å². The largest absolute Gasteiger partial charge is 0.495 e. The van der Waals surface area contributed by atoms with E-state index in [-0.39, 0.29) is 5.91 Å². The lowest BCUT2D eigenvalue weighted by atomic mass is 10.2. The Morgan fingerprint density at radius 3 is 2.50 bits per heavy atom. The SMILES string of the molecule is C=CC(=O)N1CCN(CCCc2cn3c(n2)c(Nc2c(Cl)c(OC)cc(OC)c2Cl)cc2cnc(NCCC#N)nc23)CC1. The summed E-state index contributed by atoms with van der Waals surface area (Å²) in [5, 5.41) is 16.7. The van der Waals surface area contributed by atoms with Crippen LogP contribution in [0, 0.1) is 11.3 Å². The normalized spacial score (nSPS) is 13.6. The van der Waals surface area contributed by atoms with Crippen molar-refractivity contribution in [3.63, 3.8) is 0 Å². The number of amides is 1. The number of piperazine rings is 1. The molecular weight excluding hydrogens is 605 g/mol. The van der Waals surface area contributed by atoms with E-state index in [0.717, 1.165) is 43.6 Å². The molecule has 1 aliphatic rings. The number of nitriles is 1. The summed E-state index contributed by atoms with van der Waals surface area (Å²) < 4.78 is 12.8. The number of halogens is 2. The van der Waals surface area contributed by atoms with Crippen molar-refractivity contribution in [3.8, 4) is 17.6 Å². The zero-order chi connectivity index (χ0) is 31.2. The maximum absolute atomic E-state index is 11.9. The van der Waals surface area contributed by atoms with Crippen molar-refractivity contribution in [1.82, 2.24) is 29.2 Å². The molecule has 0 radical (unpaired) electrons. The van der Waals surface area contributed by atoms with E-state index >= 15 is 0 Å². The van der Waals surface area contributed by atoms with E-state index in [4.69, 9.17) is 47.9 Å². The minimum absolute atomic E-state index is 0.0202. The van der Waals surface area contributed by atoms with Crippen LogP contribution >= 0.6 is 23.2 Å². The number of hydrogen-bond acceptors (Lipinski definition) is 10. The zero-order valence-corrected chi connectivity index (χ0v) is 26.1. The van der Waals surface area contributed by atoms with Gasteiger partial charge in [-0.15, -0.1) is 0 Å². The van der Waals surface area contributed by atoms with Crippen molar-refractivity contribution in [2.24, 2.45) is 0 Å². The van der Waals surface area contributed by atoms with Crippen molar-refractivity contribution >= 4 is 63.1 Å². The van der Waals surface area contributed by atoms with Gasteiger partial charge >= 0.3 is 0 Å². The second kappa shape index (κ2) is 14.0. The summed E-state index contributed by atoms with van der Waals surface area (Å²) in [5.74, 6) is 1.21. The lowest BCUT2D eigenvalue weighted by molar-refractivity contribution is -0.127. The number of rotatable bonds is 12. The number of nitrogens with zero attached hydrogens (tertiary/aromatic N) is 7. The first-order valence-electron chi connectivity index (χ1n) is 14.2. The second-order valence-electron chi connectivity index (χ2n) is 10.2. The second-order valence-corrected chi connectivity index (χ2v) is 10.9. The number of pyridine rings is 1. The topological polar surface area (TPSA) is 133 Å². The Bertz CT molecular complexity index is 1700. The van der Waals surface area contributed by atoms with Crippen molar-refractivity contribution in [3.05, 3.63) is 52.9 Å². The maximum atomic E-state index is 11.9. The van der Waals surface area contributed by atoms with Crippen LogP contribution in [0.5, 0.6) is 11.5 Å². The van der Waals surface area contributed by atoms with E-state index in [2.05, 4.69) is 33.2 Å². The molecule has 1 aromatic carbocycles. The standard InChI is InChI=1S/C30H33Cl2N9O3/c1-4-24(42)40-13-11-39(12-14-40)10-5-7-20-18-41-28-19(17-35-30(38-28)34-9-6-8-33)15-21(29(41)36-20)37-27-25(31)22(43-2)16-23(44-3)26(27)32/h4,15-18,37H,1,5-7,9-14H2,2-3H3,(H,34,35,38). The van der Waals surface area contributed by atoms with Gasteiger partial charge in [-0.1, -0.05) is 29.8 Å². The smallest absolute Gasteiger partial charge is 0.246 e. The van der Waals surface area contributed by atoms with E-state index in [9.17, 15) is 4.79 Å². The first-order chi connectivity index (χ1) is 21.4. The molecule has 0 bridgehead atoms. The number of aryl methyl sites for hydroxylation is 1. The molecule has 0 atom stereocenters. The number of carbonyl (C=O) groups excluding carboxylic acids is 1. The number of imidazole rings is 1. The summed E-state index contributed by atoms with van der Waals surface area (Å²) in [6.45, 7) is 7.96. The van der Waals surface area contributed by atoms with Crippen LogP contribution in [0.3, 0.4) is 0 Å². The molecule has 0 unspecified atom stereocenters. The third-order valence-corrected chi connectivity index (χ3v) is 8.19. The van der Waals surface area contributed by atoms with Gasteiger partial charge in [-0.25, -0.2) is 9.97 Å². The van der Waals surface area contributed by atoms with Crippen LogP contribution in [0.15, 0.2) is 37.2 Å². The lowest BCUT2D eigenvalue weighted by Gasteiger charge is -2.34. The van der Waals surface area contributed by atoms with Gasteiger partial charge in [-0.05, 0) is 31.5 Å². The number of carbonyl (C=O) groups is 1. The number of fused-ring (bicyclic) bond motifs is 3. The summed E-state index contributed by atoms with van der Waals surface area (Å²) in [5.41, 5.74) is 3.22. The van der Waals surface area contributed by atoms with Gasteiger partial charge in [0.05, 0.1) is 43.8 Å². The molecule has 230 valence electrons. The van der Waals surface area contributed by atoms with Crippen LogP contribution in [-0.2, 0) is 11.2 Å². The molecule has 4 aromatic rings. The molecule has 14 heteroatoms. The Morgan fingerprint density at radius 2 is 1.84 bits per heavy atom. The molecule has 4 heterocycles. The van der Waals surface area contributed by atoms with Gasteiger partial charge < -0.3 is 25.0 Å². The summed E-state index contributed by atoms with van der Waals surface area (Å²) in [7, 11) is 3.04. The van der Waals surface area contributed by atoms with Gasteiger partial charge in [-0.3, -0.25) is 14.1 Å². The van der Waals surface area contributed by atoms with E-state index in [1.54, 1.807) is 12.3 Å². The average molecular weight is 639 g/mol. The fraction of sp³-hybridized carbons (Fsp3) is 0.367. The van der Waals surface area contributed by atoms with Gasteiger partial charge in [0, 0.05) is 56.6 Å². The van der Waals surface area contributed by atoms with Gasteiger partial charge in [0.2, 0.25) is 11.9 Å². The summed E-state index contributed by atoms with van der Waals surface area (Å²) in [4.78, 5) is 30.2. The van der Waals surface area contributed by atoms with E-state index in [0.29, 0.717) is 76.2 Å². The van der Waals surface area contributed by atoms with E-state index in [1.807, 2.05) is 21.6 Å². The molecule has 0 spiro atoms. The fourth-order valence-corrected chi connectivity index (χ4v) is 5.74. The zero-order valence-electron chi connectivity index (χ0n) is 24.6. The van der Waals surface area contributed by atoms with E-state index < -0.39 is 0 Å². The Labute approximate surface area is 265 Å². The van der Waals surface area contributed by atoms with E-state index in [1.165, 1.54) is 20.3 Å². The Hall–Kier alpha value is -4.31. The quantitative estimate of drug-likeness (QED) is 0.163. The molecule has 3 aromatic heterocycles. The highest BCUT2D eigenvalue weighted by Crippen LogP contribution is 2.45. The molecule has 1 amide bonds. The lowest BCUT2D eigenvalue weighted by Crippen LogP contribution is -2.48. The first-order valence-corrected chi connectivity index (χ1v) is 14.9. The van der Waals surface area contributed by atoms with Crippen LogP contribution < -0.4 is 20.1 Å². The molecule has 1 fully saturated rings. The van der Waals surface area contributed by atoms with Crippen molar-refractivity contribution in [2.45, 2.75) is 19.3 Å². The molecule has 1 saturated heterocycles. The predicted octanol–water partition coefficient (Wildman–Crippen LogP) is 4.93. The van der Waals surface area contributed by atoms with Crippen LogP contribution in [-0.4, -0.2) is 88.5 Å². The van der Waals surface area contributed by atoms with Gasteiger partial charge in [-0.2, -0.15) is 10.2 Å². The molecule has 2 N–H and O–H groups in total. The highest BCUT2D eigenvalue weighted by atomic mass is 35.5. The Morgan fingerprint density at radius 1 is 1.11 bits per heavy atom. The summed E-state index contributed by atoms with van der Waals surface area (Å²) in [6.07, 6.45) is 7.02. The number of hydrogen-bond donors (Lipinski definition) is 2. The third-order valence-electron chi connectivity index (χ3n) is 7.44.